The molecule has 0 aromatic heterocycles. The molecule has 0 bridgehead atoms. The molecule has 3 heteroatoms. The van der Waals surface area contributed by atoms with E-state index in [-0.39, 0.29) is 23.3 Å². The van der Waals surface area contributed by atoms with E-state index in [2.05, 4.69) is 6.92 Å². The molecule has 0 radical (unpaired) electrons. The van der Waals surface area contributed by atoms with E-state index in [9.17, 15) is 14.4 Å². The van der Waals surface area contributed by atoms with E-state index in [1.807, 2.05) is 0 Å². The largest absolute Gasteiger partial charge is 0.299 e. The van der Waals surface area contributed by atoms with Crippen LogP contribution in [0.4, 0.5) is 0 Å². The van der Waals surface area contributed by atoms with Crippen LogP contribution in [-0.2, 0) is 14.4 Å². The Balaban J connectivity index is 2.49. The minimum absolute atomic E-state index is 0.162. The molecule has 3 nitrogen and oxygen atoms in total. The first-order chi connectivity index (χ1) is 7.56. The van der Waals surface area contributed by atoms with Crippen molar-refractivity contribution in [2.24, 2.45) is 11.8 Å². The van der Waals surface area contributed by atoms with Crippen molar-refractivity contribution in [2.75, 3.05) is 0 Å². The number of ketones is 3. The van der Waals surface area contributed by atoms with E-state index >= 15 is 0 Å². The Morgan fingerprint density at radius 2 is 1.75 bits per heavy atom. The van der Waals surface area contributed by atoms with E-state index in [1.54, 1.807) is 0 Å². The highest BCUT2D eigenvalue weighted by Gasteiger charge is 2.37. The van der Waals surface area contributed by atoms with Gasteiger partial charge in [-0.25, -0.2) is 0 Å². The maximum atomic E-state index is 11.6. The second-order valence-electron chi connectivity index (χ2n) is 4.75. The Morgan fingerprint density at radius 3 is 2.19 bits per heavy atom. The van der Waals surface area contributed by atoms with Crippen LogP contribution in [0.3, 0.4) is 0 Å². The molecule has 0 unspecified atom stereocenters. The normalized spacial score (nSPS) is 25.9. The molecule has 1 aliphatic rings. The van der Waals surface area contributed by atoms with Crippen molar-refractivity contribution in [2.45, 2.75) is 52.4 Å². The molecule has 1 saturated carbocycles. The van der Waals surface area contributed by atoms with Crippen LogP contribution in [0.1, 0.15) is 52.4 Å². The lowest BCUT2D eigenvalue weighted by molar-refractivity contribution is -0.142. The fourth-order valence-electron chi connectivity index (χ4n) is 2.40. The second-order valence-corrected chi connectivity index (χ2v) is 4.75. The summed E-state index contributed by atoms with van der Waals surface area (Å²) in [5.41, 5.74) is 0. The minimum Gasteiger partial charge on any atom is -0.299 e. The topological polar surface area (TPSA) is 51.2 Å². The Labute approximate surface area is 96.6 Å². The van der Waals surface area contributed by atoms with Crippen LogP contribution in [0, 0.1) is 11.8 Å². The first-order valence-electron chi connectivity index (χ1n) is 6.12. The maximum absolute atomic E-state index is 11.6. The van der Waals surface area contributed by atoms with Crippen LogP contribution in [-0.4, -0.2) is 17.3 Å². The van der Waals surface area contributed by atoms with Gasteiger partial charge in [0.2, 0.25) is 0 Å². The van der Waals surface area contributed by atoms with Crippen LogP contribution in [0.15, 0.2) is 0 Å². The van der Waals surface area contributed by atoms with Crippen molar-refractivity contribution in [1.29, 1.82) is 0 Å². The number of unbranched alkanes of at least 4 members (excludes halogenated alkanes) is 2. The summed E-state index contributed by atoms with van der Waals surface area (Å²) in [6.07, 6.45) is 5.14. The highest BCUT2D eigenvalue weighted by Crippen LogP contribution is 2.27. The van der Waals surface area contributed by atoms with Gasteiger partial charge in [-0.1, -0.05) is 26.2 Å². The monoisotopic (exact) mass is 224 g/mol. The lowest BCUT2D eigenvalue weighted by atomic mass is 9.76. The van der Waals surface area contributed by atoms with E-state index in [0.717, 1.165) is 25.7 Å². The Hall–Kier alpha value is -0.990. The van der Waals surface area contributed by atoms with Gasteiger partial charge in [-0.2, -0.15) is 0 Å². The van der Waals surface area contributed by atoms with Gasteiger partial charge in [0, 0.05) is 12.8 Å². The van der Waals surface area contributed by atoms with Gasteiger partial charge >= 0.3 is 0 Å². The molecule has 0 N–H and O–H groups in total. The van der Waals surface area contributed by atoms with Gasteiger partial charge in [0.25, 0.3) is 0 Å². The summed E-state index contributed by atoms with van der Waals surface area (Å²) >= 11 is 0. The molecule has 0 heterocycles. The number of Topliss-reactive ketones (excluding diaryl/α,β-unsaturated/α-hetero) is 3. The molecule has 0 spiro atoms. The van der Waals surface area contributed by atoms with Crippen LogP contribution in [0.5, 0.6) is 0 Å². The van der Waals surface area contributed by atoms with Crippen LogP contribution >= 0.6 is 0 Å². The Bertz CT molecular complexity index is 276. The quantitative estimate of drug-likeness (QED) is 0.532. The fraction of sp³-hybridized carbons (Fsp3) is 0.769. The molecule has 1 rings (SSSR count). The predicted octanol–water partition coefficient (Wildman–Crippen LogP) is 2.32. The molecule has 90 valence electrons. The molecule has 1 aliphatic carbocycles. The zero-order valence-corrected chi connectivity index (χ0v) is 10.1. The van der Waals surface area contributed by atoms with Gasteiger partial charge < -0.3 is 0 Å². The summed E-state index contributed by atoms with van der Waals surface area (Å²) in [7, 11) is 0. The standard InChI is InChI=1S/C13H20O3/c1-3-4-5-6-10-7-11(15)13(9(2)14)12(16)8-10/h10,13H,3-8H2,1-2H3. The third kappa shape index (κ3) is 3.26. The fourth-order valence-corrected chi connectivity index (χ4v) is 2.40. The third-order valence-corrected chi connectivity index (χ3v) is 3.25. The van der Waals surface area contributed by atoms with Crippen LogP contribution in [0.25, 0.3) is 0 Å². The highest BCUT2D eigenvalue weighted by atomic mass is 16.2. The summed E-state index contributed by atoms with van der Waals surface area (Å²) in [4.78, 5) is 34.4. The van der Waals surface area contributed by atoms with E-state index in [1.165, 1.54) is 6.92 Å². The average molecular weight is 224 g/mol. The van der Waals surface area contributed by atoms with Gasteiger partial charge in [-0.05, 0) is 19.3 Å². The summed E-state index contributed by atoms with van der Waals surface area (Å²) in [6.45, 7) is 3.46. The lowest BCUT2D eigenvalue weighted by Gasteiger charge is -2.24. The van der Waals surface area contributed by atoms with Crippen molar-refractivity contribution < 1.29 is 14.4 Å². The summed E-state index contributed by atoms with van der Waals surface area (Å²) in [5, 5.41) is 0. The summed E-state index contributed by atoms with van der Waals surface area (Å²) < 4.78 is 0. The molecule has 0 saturated heterocycles. The van der Waals surface area contributed by atoms with Crippen molar-refractivity contribution >= 4 is 17.3 Å². The predicted molar refractivity (Wildman–Crippen MR) is 61.1 cm³/mol. The maximum Gasteiger partial charge on any atom is 0.151 e. The zero-order valence-electron chi connectivity index (χ0n) is 10.1. The zero-order chi connectivity index (χ0) is 12.1. The molecule has 0 atom stereocenters. The molecule has 16 heavy (non-hydrogen) atoms. The minimum atomic E-state index is -0.942. The number of rotatable bonds is 5. The molecule has 1 fully saturated rings. The molecular formula is C13H20O3. The average Bonchev–Trinajstić information content (AvgIpc) is 2.16. The van der Waals surface area contributed by atoms with Crippen LogP contribution in [0.2, 0.25) is 0 Å². The number of carbonyl (C=O) groups is 3. The van der Waals surface area contributed by atoms with Gasteiger partial charge in [-0.15, -0.1) is 0 Å². The number of hydrogen-bond acceptors (Lipinski definition) is 3. The lowest BCUT2D eigenvalue weighted by Crippen LogP contribution is -2.37. The SMILES string of the molecule is CCCCCC1CC(=O)C(C(C)=O)C(=O)C1. The first-order valence-corrected chi connectivity index (χ1v) is 6.12. The van der Waals surface area contributed by atoms with Gasteiger partial charge in [0.1, 0.15) is 11.7 Å². The molecular weight excluding hydrogens is 204 g/mol. The molecule has 0 amide bonds. The van der Waals surface area contributed by atoms with Crippen molar-refractivity contribution in [3.63, 3.8) is 0 Å². The van der Waals surface area contributed by atoms with E-state index in [4.69, 9.17) is 0 Å². The number of carbonyl (C=O) groups excluding carboxylic acids is 3. The van der Waals surface area contributed by atoms with Crippen molar-refractivity contribution in [3.05, 3.63) is 0 Å². The third-order valence-electron chi connectivity index (χ3n) is 3.25. The van der Waals surface area contributed by atoms with Crippen molar-refractivity contribution in [3.8, 4) is 0 Å². The Kier molecular flexibility index (Phi) is 4.84. The van der Waals surface area contributed by atoms with Crippen LogP contribution < -0.4 is 0 Å². The highest BCUT2D eigenvalue weighted by molar-refractivity contribution is 6.20. The Morgan fingerprint density at radius 1 is 1.19 bits per heavy atom. The van der Waals surface area contributed by atoms with Gasteiger partial charge in [0.05, 0.1) is 0 Å². The van der Waals surface area contributed by atoms with Gasteiger partial charge in [0.15, 0.2) is 11.6 Å². The van der Waals surface area contributed by atoms with E-state index < -0.39 is 5.92 Å². The van der Waals surface area contributed by atoms with Gasteiger partial charge in [-0.3, -0.25) is 14.4 Å². The smallest absolute Gasteiger partial charge is 0.151 e. The second kappa shape index (κ2) is 5.92. The number of hydrogen-bond donors (Lipinski definition) is 0. The summed E-state index contributed by atoms with van der Waals surface area (Å²) in [5.74, 6) is -1.37. The first kappa shape index (κ1) is 13.1. The van der Waals surface area contributed by atoms with Crippen molar-refractivity contribution in [1.82, 2.24) is 0 Å². The molecule has 0 aliphatic heterocycles. The van der Waals surface area contributed by atoms with E-state index in [0.29, 0.717) is 12.8 Å². The molecule has 0 aromatic carbocycles. The molecule has 0 aromatic rings. The summed E-state index contributed by atoms with van der Waals surface area (Å²) in [6, 6.07) is 0.